The van der Waals surface area contributed by atoms with Gasteiger partial charge in [0.1, 0.15) is 5.82 Å². The Bertz CT molecular complexity index is 422. The number of nitrogen functional groups attached to an aromatic ring is 1. The van der Waals surface area contributed by atoms with Crippen LogP contribution in [0.15, 0.2) is 17.1 Å². The summed E-state index contributed by atoms with van der Waals surface area (Å²) in [6, 6.07) is 1.48. The molecule has 4 nitrogen and oxygen atoms in total. The molecule has 1 aromatic heterocycles. The van der Waals surface area contributed by atoms with Crippen molar-refractivity contribution in [3.05, 3.63) is 22.7 Å². The zero-order valence-corrected chi connectivity index (χ0v) is 7.99. The highest BCUT2D eigenvalue weighted by Gasteiger charge is 2.45. The lowest BCUT2D eigenvalue weighted by atomic mass is 9.81. The van der Waals surface area contributed by atoms with Gasteiger partial charge in [-0.2, -0.15) is 4.98 Å². The zero-order valence-electron chi connectivity index (χ0n) is 7.99. The lowest BCUT2D eigenvalue weighted by molar-refractivity contribution is -0.114. The molecule has 6 heteroatoms. The minimum atomic E-state index is -2.55. The first kappa shape index (κ1) is 10.1. The summed E-state index contributed by atoms with van der Waals surface area (Å²) in [5, 5.41) is 0. The molecule has 1 saturated carbocycles. The van der Waals surface area contributed by atoms with Crippen molar-refractivity contribution in [1.29, 1.82) is 0 Å². The van der Waals surface area contributed by atoms with Crippen LogP contribution in [-0.2, 0) is 6.54 Å². The molecule has 0 radical (unpaired) electrons. The van der Waals surface area contributed by atoms with Crippen molar-refractivity contribution < 1.29 is 8.78 Å². The van der Waals surface area contributed by atoms with E-state index in [1.54, 1.807) is 0 Å². The summed E-state index contributed by atoms with van der Waals surface area (Å²) in [6.07, 6.45) is 1.19. The van der Waals surface area contributed by atoms with Crippen molar-refractivity contribution >= 4 is 5.82 Å². The highest BCUT2D eigenvalue weighted by Crippen LogP contribution is 2.42. The van der Waals surface area contributed by atoms with Crippen molar-refractivity contribution in [2.24, 2.45) is 5.92 Å². The van der Waals surface area contributed by atoms with Gasteiger partial charge in [0.25, 0.3) is 0 Å². The van der Waals surface area contributed by atoms with E-state index in [1.807, 2.05) is 0 Å². The Morgan fingerprint density at radius 1 is 1.60 bits per heavy atom. The van der Waals surface area contributed by atoms with Crippen LogP contribution in [0.1, 0.15) is 12.8 Å². The van der Waals surface area contributed by atoms with Gasteiger partial charge in [-0.1, -0.05) is 0 Å². The number of rotatable bonds is 2. The minimum Gasteiger partial charge on any atom is -0.383 e. The Balaban J connectivity index is 2.04. The van der Waals surface area contributed by atoms with Gasteiger partial charge in [0.15, 0.2) is 0 Å². The van der Waals surface area contributed by atoms with E-state index in [2.05, 4.69) is 4.98 Å². The van der Waals surface area contributed by atoms with E-state index in [0.717, 1.165) is 0 Å². The van der Waals surface area contributed by atoms with Crippen molar-refractivity contribution in [3.8, 4) is 0 Å². The standard InChI is InChI=1S/C9H11F2N3O/c10-9(11)3-6(4-9)5-14-2-1-7(12)13-8(14)15/h1-2,6H,3-5H2,(H2,12,13,15). The summed E-state index contributed by atoms with van der Waals surface area (Å²) < 4.78 is 26.4. The number of halogens is 2. The van der Waals surface area contributed by atoms with Crippen LogP contribution in [0, 0.1) is 5.92 Å². The Labute approximate surface area is 84.7 Å². The van der Waals surface area contributed by atoms with Crippen LogP contribution in [0.25, 0.3) is 0 Å². The molecule has 1 heterocycles. The predicted octanol–water partition coefficient (Wildman–Crippen LogP) is 0.871. The van der Waals surface area contributed by atoms with Gasteiger partial charge in [-0.3, -0.25) is 4.57 Å². The molecule has 1 fully saturated rings. The maximum atomic E-state index is 12.5. The van der Waals surface area contributed by atoms with E-state index in [-0.39, 0.29) is 24.6 Å². The Morgan fingerprint density at radius 3 is 2.80 bits per heavy atom. The van der Waals surface area contributed by atoms with Crippen LogP contribution in [0.5, 0.6) is 0 Å². The predicted molar refractivity (Wildman–Crippen MR) is 50.6 cm³/mol. The van der Waals surface area contributed by atoms with E-state index in [4.69, 9.17) is 5.73 Å². The van der Waals surface area contributed by atoms with Gasteiger partial charge in [0.05, 0.1) is 0 Å². The van der Waals surface area contributed by atoms with Crippen LogP contribution < -0.4 is 11.4 Å². The van der Waals surface area contributed by atoms with Gasteiger partial charge in [0.2, 0.25) is 5.92 Å². The fourth-order valence-corrected chi connectivity index (χ4v) is 1.77. The number of aromatic nitrogens is 2. The fourth-order valence-electron chi connectivity index (χ4n) is 1.77. The van der Waals surface area contributed by atoms with Crippen molar-refractivity contribution in [2.75, 3.05) is 5.73 Å². The van der Waals surface area contributed by atoms with Crippen LogP contribution in [0.3, 0.4) is 0 Å². The van der Waals surface area contributed by atoms with Gasteiger partial charge in [-0.05, 0) is 12.0 Å². The topological polar surface area (TPSA) is 60.9 Å². The van der Waals surface area contributed by atoms with Gasteiger partial charge >= 0.3 is 5.69 Å². The van der Waals surface area contributed by atoms with E-state index in [1.165, 1.54) is 16.8 Å². The fraction of sp³-hybridized carbons (Fsp3) is 0.556. The lowest BCUT2D eigenvalue weighted by Crippen LogP contribution is -2.39. The molecule has 2 N–H and O–H groups in total. The average molecular weight is 215 g/mol. The Hall–Kier alpha value is -1.46. The molecule has 0 unspecified atom stereocenters. The highest BCUT2D eigenvalue weighted by atomic mass is 19.3. The van der Waals surface area contributed by atoms with Crippen molar-refractivity contribution in [2.45, 2.75) is 25.3 Å². The molecule has 0 saturated heterocycles. The van der Waals surface area contributed by atoms with Crippen LogP contribution in [-0.4, -0.2) is 15.5 Å². The van der Waals surface area contributed by atoms with Crippen molar-refractivity contribution in [3.63, 3.8) is 0 Å². The highest BCUT2D eigenvalue weighted by molar-refractivity contribution is 5.23. The zero-order chi connectivity index (χ0) is 11.1. The molecule has 0 aliphatic heterocycles. The monoisotopic (exact) mass is 215 g/mol. The first-order valence-electron chi connectivity index (χ1n) is 4.67. The SMILES string of the molecule is Nc1ccn(CC2CC(F)(F)C2)c(=O)n1. The van der Waals surface area contributed by atoms with Gasteiger partial charge in [0, 0.05) is 25.6 Å². The molecule has 1 aromatic rings. The summed E-state index contributed by atoms with van der Waals surface area (Å²) in [4.78, 5) is 14.8. The number of hydrogen-bond acceptors (Lipinski definition) is 3. The smallest absolute Gasteiger partial charge is 0.349 e. The molecule has 0 bridgehead atoms. The molecule has 15 heavy (non-hydrogen) atoms. The molecule has 0 amide bonds. The van der Waals surface area contributed by atoms with E-state index in [0.29, 0.717) is 6.54 Å². The molecular formula is C9H11F2N3O. The lowest BCUT2D eigenvalue weighted by Gasteiger charge is -2.34. The first-order chi connectivity index (χ1) is 6.96. The molecule has 1 aliphatic carbocycles. The first-order valence-corrected chi connectivity index (χ1v) is 4.67. The third kappa shape index (κ3) is 2.14. The van der Waals surface area contributed by atoms with Gasteiger partial charge < -0.3 is 5.73 Å². The number of nitrogens with two attached hydrogens (primary N) is 1. The Kier molecular flexibility index (Phi) is 2.21. The van der Waals surface area contributed by atoms with Gasteiger partial charge in [-0.25, -0.2) is 13.6 Å². The third-order valence-corrected chi connectivity index (χ3v) is 2.53. The second-order valence-electron chi connectivity index (χ2n) is 3.92. The Morgan fingerprint density at radius 2 is 2.27 bits per heavy atom. The summed E-state index contributed by atoms with van der Waals surface area (Å²) >= 11 is 0. The summed E-state index contributed by atoms with van der Waals surface area (Å²) in [5.41, 5.74) is 4.82. The molecular weight excluding hydrogens is 204 g/mol. The molecule has 0 aromatic carbocycles. The second-order valence-corrected chi connectivity index (χ2v) is 3.92. The summed E-state index contributed by atoms with van der Waals surface area (Å²) in [7, 11) is 0. The molecule has 2 rings (SSSR count). The van der Waals surface area contributed by atoms with E-state index in [9.17, 15) is 13.6 Å². The van der Waals surface area contributed by atoms with Crippen molar-refractivity contribution in [1.82, 2.24) is 9.55 Å². The molecule has 0 spiro atoms. The number of nitrogens with zero attached hydrogens (tertiary/aromatic N) is 2. The summed E-state index contributed by atoms with van der Waals surface area (Å²) in [5.74, 6) is -2.53. The average Bonchev–Trinajstić information content (AvgIpc) is 2.06. The van der Waals surface area contributed by atoms with E-state index >= 15 is 0 Å². The molecule has 1 aliphatic rings. The number of hydrogen-bond donors (Lipinski definition) is 1. The largest absolute Gasteiger partial charge is 0.383 e. The molecule has 82 valence electrons. The quantitative estimate of drug-likeness (QED) is 0.796. The third-order valence-electron chi connectivity index (χ3n) is 2.53. The summed E-state index contributed by atoms with van der Waals surface area (Å²) in [6.45, 7) is 0.293. The maximum Gasteiger partial charge on any atom is 0.349 e. The second kappa shape index (κ2) is 3.29. The van der Waals surface area contributed by atoms with Crippen LogP contribution >= 0.6 is 0 Å². The van der Waals surface area contributed by atoms with Crippen LogP contribution in [0.4, 0.5) is 14.6 Å². The van der Waals surface area contributed by atoms with Crippen LogP contribution in [0.2, 0.25) is 0 Å². The minimum absolute atomic E-state index is 0.136. The van der Waals surface area contributed by atoms with Gasteiger partial charge in [-0.15, -0.1) is 0 Å². The maximum absolute atomic E-state index is 12.5. The van der Waals surface area contributed by atoms with E-state index < -0.39 is 11.6 Å². The number of alkyl halides is 2. The normalized spacial score (nSPS) is 19.9. The molecule has 0 atom stereocenters. The number of anilines is 1.